The largest absolute Gasteiger partial charge is 0.455 e. The van der Waals surface area contributed by atoms with Gasteiger partial charge in [-0.15, -0.1) is 11.3 Å². The van der Waals surface area contributed by atoms with Crippen molar-refractivity contribution in [2.24, 2.45) is 0 Å². The summed E-state index contributed by atoms with van der Waals surface area (Å²) in [6, 6.07) is 47.1. The highest BCUT2D eigenvalue weighted by Gasteiger charge is 2.20. The fraction of sp³-hybridized carbons (Fsp3) is 0. The quantitative estimate of drug-likeness (QED) is 0.199. The van der Waals surface area contributed by atoms with Gasteiger partial charge in [-0.1, -0.05) is 91.0 Å². The Morgan fingerprint density at radius 3 is 2.11 bits per heavy atom. The van der Waals surface area contributed by atoms with Gasteiger partial charge in [0.15, 0.2) is 17.5 Å². The summed E-state index contributed by atoms with van der Waals surface area (Å²) in [7, 11) is 0. The van der Waals surface area contributed by atoms with Gasteiger partial charge in [-0.2, -0.15) is 5.26 Å². The number of thiophene rings is 1. The minimum absolute atomic E-state index is 0.492. The SMILES string of the molecule is N#Cc1cccc(-c2nc(-c3ccccc3)nc(-c3cccc4c3oc3cccc(-c5ccc6sc7ccccc7c6c5)c34)n2)c1. The highest BCUT2D eigenvalue weighted by atomic mass is 32.1. The molecular formula is C40H22N4OS. The van der Waals surface area contributed by atoms with Gasteiger partial charge in [0.2, 0.25) is 0 Å². The fourth-order valence-corrected chi connectivity index (χ4v) is 7.31. The van der Waals surface area contributed by atoms with E-state index < -0.39 is 0 Å². The summed E-state index contributed by atoms with van der Waals surface area (Å²) in [5.41, 5.74) is 6.71. The van der Waals surface area contributed by atoms with Gasteiger partial charge in [-0.3, -0.25) is 0 Å². The number of furan rings is 1. The van der Waals surface area contributed by atoms with E-state index in [1.165, 1.54) is 20.2 Å². The summed E-state index contributed by atoms with van der Waals surface area (Å²) < 4.78 is 9.19. The molecule has 3 heterocycles. The Bertz CT molecular complexity index is 2670. The number of nitriles is 1. The van der Waals surface area contributed by atoms with Gasteiger partial charge in [0.1, 0.15) is 11.2 Å². The van der Waals surface area contributed by atoms with Crippen LogP contribution in [0.2, 0.25) is 0 Å². The number of nitrogens with zero attached hydrogens (tertiary/aromatic N) is 4. The molecule has 0 saturated carbocycles. The molecule has 0 aliphatic heterocycles. The van der Waals surface area contributed by atoms with E-state index in [1.807, 2.05) is 78.1 Å². The van der Waals surface area contributed by atoms with Gasteiger partial charge >= 0.3 is 0 Å². The summed E-state index contributed by atoms with van der Waals surface area (Å²) in [5, 5.41) is 14.1. The van der Waals surface area contributed by atoms with Gasteiger partial charge in [0, 0.05) is 42.1 Å². The van der Waals surface area contributed by atoms with Crippen LogP contribution in [0.15, 0.2) is 138 Å². The first-order chi connectivity index (χ1) is 22.7. The molecule has 0 spiro atoms. The molecule has 0 aliphatic rings. The summed E-state index contributed by atoms with van der Waals surface area (Å²) in [5.74, 6) is 1.54. The van der Waals surface area contributed by atoms with Crippen molar-refractivity contribution in [3.63, 3.8) is 0 Å². The van der Waals surface area contributed by atoms with Crippen LogP contribution in [0, 0.1) is 11.3 Å². The molecule has 0 unspecified atom stereocenters. The van der Waals surface area contributed by atoms with Gasteiger partial charge < -0.3 is 4.42 Å². The number of hydrogen-bond acceptors (Lipinski definition) is 6. The minimum atomic E-state index is 0.492. The van der Waals surface area contributed by atoms with E-state index in [-0.39, 0.29) is 0 Å². The average molecular weight is 607 g/mol. The van der Waals surface area contributed by atoms with E-state index in [0.29, 0.717) is 28.6 Å². The lowest BCUT2D eigenvalue weighted by molar-refractivity contribution is 0.669. The second-order valence-corrected chi connectivity index (χ2v) is 12.2. The van der Waals surface area contributed by atoms with Crippen LogP contribution in [0.1, 0.15) is 5.56 Å². The summed E-state index contributed by atoms with van der Waals surface area (Å²) in [4.78, 5) is 14.7. The normalized spacial score (nSPS) is 11.5. The van der Waals surface area contributed by atoms with Crippen molar-refractivity contribution in [2.45, 2.75) is 0 Å². The van der Waals surface area contributed by atoms with Crippen molar-refractivity contribution in [1.82, 2.24) is 15.0 Å². The number of rotatable bonds is 4. The van der Waals surface area contributed by atoms with Crippen LogP contribution in [0.3, 0.4) is 0 Å². The van der Waals surface area contributed by atoms with Crippen molar-refractivity contribution in [2.75, 3.05) is 0 Å². The van der Waals surface area contributed by atoms with Crippen LogP contribution in [0.4, 0.5) is 0 Å². The van der Waals surface area contributed by atoms with E-state index in [4.69, 9.17) is 19.4 Å². The third-order valence-corrected chi connectivity index (χ3v) is 9.52. The average Bonchev–Trinajstić information content (AvgIpc) is 3.70. The van der Waals surface area contributed by atoms with Crippen LogP contribution >= 0.6 is 11.3 Å². The maximum atomic E-state index is 9.54. The minimum Gasteiger partial charge on any atom is -0.455 e. The summed E-state index contributed by atoms with van der Waals surface area (Å²) in [6.45, 7) is 0. The molecule has 9 rings (SSSR count). The highest BCUT2D eigenvalue weighted by Crippen LogP contribution is 2.42. The molecule has 6 heteroatoms. The fourth-order valence-electron chi connectivity index (χ4n) is 6.23. The summed E-state index contributed by atoms with van der Waals surface area (Å²) in [6.07, 6.45) is 0. The Labute approximate surface area is 267 Å². The molecule has 3 aromatic heterocycles. The number of para-hydroxylation sites is 1. The number of aromatic nitrogens is 3. The zero-order chi connectivity index (χ0) is 30.6. The number of fused-ring (bicyclic) bond motifs is 6. The zero-order valence-corrected chi connectivity index (χ0v) is 25.1. The van der Waals surface area contributed by atoms with E-state index >= 15 is 0 Å². The van der Waals surface area contributed by atoms with Crippen LogP contribution in [0.5, 0.6) is 0 Å². The molecule has 0 fully saturated rings. The molecule has 214 valence electrons. The Morgan fingerprint density at radius 2 is 1.22 bits per heavy atom. The molecule has 0 atom stereocenters. The lowest BCUT2D eigenvalue weighted by Crippen LogP contribution is -2.00. The molecular weight excluding hydrogens is 585 g/mol. The Kier molecular flexibility index (Phi) is 5.98. The molecule has 0 bridgehead atoms. The molecule has 0 amide bonds. The topological polar surface area (TPSA) is 75.6 Å². The highest BCUT2D eigenvalue weighted by molar-refractivity contribution is 7.25. The van der Waals surface area contributed by atoms with Gasteiger partial charge in [-0.25, -0.2) is 15.0 Å². The molecule has 6 aromatic carbocycles. The van der Waals surface area contributed by atoms with Gasteiger partial charge in [0.25, 0.3) is 0 Å². The second-order valence-electron chi connectivity index (χ2n) is 11.1. The smallest absolute Gasteiger partial charge is 0.167 e. The van der Waals surface area contributed by atoms with Crippen molar-refractivity contribution >= 4 is 53.4 Å². The van der Waals surface area contributed by atoms with E-state index in [0.717, 1.165) is 44.2 Å². The van der Waals surface area contributed by atoms with Crippen molar-refractivity contribution in [1.29, 1.82) is 5.26 Å². The predicted octanol–water partition coefficient (Wildman–Crippen LogP) is 10.7. The first kappa shape index (κ1) is 26.3. The predicted molar refractivity (Wildman–Crippen MR) is 186 cm³/mol. The van der Waals surface area contributed by atoms with Crippen LogP contribution < -0.4 is 0 Å². The lowest BCUT2D eigenvalue weighted by Gasteiger charge is -2.09. The van der Waals surface area contributed by atoms with E-state index in [2.05, 4.69) is 60.7 Å². The lowest BCUT2D eigenvalue weighted by atomic mass is 9.97. The molecule has 0 saturated heterocycles. The molecule has 5 nitrogen and oxygen atoms in total. The third-order valence-electron chi connectivity index (χ3n) is 8.37. The maximum absolute atomic E-state index is 9.54. The number of hydrogen-bond donors (Lipinski definition) is 0. The Morgan fingerprint density at radius 1 is 0.522 bits per heavy atom. The van der Waals surface area contributed by atoms with E-state index in [1.54, 1.807) is 12.1 Å². The van der Waals surface area contributed by atoms with E-state index in [9.17, 15) is 5.26 Å². The van der Waals surface area contributed by atoms with Crippen LogP contribution in [0.25, 0.3) is 87.4 Å². The monoisotopic (exact) mass is 606 g/mol. The Balaban J connectivity index is 1.26. The molecule has 0 N–H and O–H groups in total. The maximum Gasteiger partial charge on any atom is 0.167 e. The molecule has 9 aromatic rings. The molecule has 0 aliphatic carbocycles. The third kappa shape index (κ3) is 4.26. The first-order valence-corrected chi connectivity index (χ1v) is 15.7. The number of benzene rings is 6. The zero-order valence-electron chi connectivity index (χ0n) is 24.3. The van der Waals surface area contributed by atoms with Crippen molar-refractivity contribution in [3.8, 4) is 51.4 Å². The van der Waals surface area contributed by atoms with Crippen LogP contribution in [-0.2, 0) is 0 Å². The van der Waals surface area contributed by atoms with Crippen LogP contribution in [-0.4, -0.2) is 15.0 Å². The molecule has 46 heavy (non-hydrogen) atoms. The Hall–Kier alpha value is -6.16. The van der Waals surface area contributed by atoms with Crippen molar-refractivity contribution < 1.29 is 4.42 Å². The first-order valence-electron chi connectivity index (χ1n) is 14.9. The standard InChI is InChI=1S/C40H22N4OS/c41-23-24-9-6-12-27(21-24)39-42-38(25-10-2-1-3-11-25)43-40(44-39)31-16-7-15-30-36-28(14-8-17-33(36)45-37(30)31)26-19-20-35-32(22-26)29-13-4-5-18-34(29)46-35/h1-22H. The van der Waals surface area contributed by atoms with Crippen molar-refractivity contribution in [3.05, 3.63) is 139 Å². The summed E-state index contributed by atoms with van der Waals surface area (Å²) >= 11 is 1.82. The molecule has 0 radical (unpaired) electrons. The van der Waals surface area contributed by atoms with Gasteiger partial charge in [-0.05, 0) is 53.6 Å². The van der Waals surface area contributed by atoms with Gasteiger partial charge in [0.05, 0.1) is 17.2 Å². The second kappa shape index (κ2) is 10.5.